The van der Waals surface area contributed by atoms with Crippen molar-refractivity contribution < 1.29 is 9.90 Å². The van der Waals surface area contributed by atoms with Gasteiger partial charge in [-0.05, 0) is 45.4 Å². The van der Waals surface area contributed by atoms with E-state index in [9.17, 15) is 9.90 Å². The number of nitrogens with zero attached hydrogens (tertiary/aromatic N) is 3. The highest BCUT2D eigenvalue weighted by atomic mass is 16.4. The SMILES string of the molecule is CC1CCC(Cc2ncnn2C(C)C)(C(=O)O)CC1. The summed E-state index contributed by atoms with van der Waals surface area (Å²) in [6.45, 7) is 6.27. The molecule has 0 unspecified atom stereocenters. The summed E-state index contributed by atoms with van der Waals surface area (Å²) in [4.78, 5) is 16.0. The minimum Gasteiger partial charge on any atom is -0.481 e. The van der Waals surface area contributed by atoms with Gasteiger partial charge in [0.1, 0.15) is 12.2 Å². The molecule has 1 saturated carbocycles. The van der Waals surface area contributed by atoms with Gasteiger partial charge in [0.25, 0.3) is 0 Å². The number of carbonyl (C=O) groups is 1. The summed E-state index contributed by atoms with van der Waals surface area (Å²) < 4.78 is 1.84. The molecule has 0 spiro atoms. The van der Waals surface area contributed by atoms with E-state index in [4.69, 9.17) is 0 Å². The lowest BCUT2D eigenvalue weighted by Gasteiger charge is -2.35. The van der Waals surface area contributed by atoms with E-state index in [1.807, 2.05) is 18.5 Å². The first-order valence-electron chi connectivity index (χ1n) is 7.06. The Morgan fingerprint density at radius 1 is 1.53 bits per heavy atom. The third-order valence-corrected chi connectivity index (χ3v) is 4.32. The first-order valence-corrected chi connectivity index (χ1v) is 7.06. The van der Waals surface area contributed by atoms with E-state index in [0.29, 0.717) is 12.3 Å². The zero-order valence-electron chi connectivity index (χ0n) is 12.0. The standard InChI is InChI=1S/C14H23N3O2/c1-10(2)17-12(15-9-16-17)8-14(13(18)19)6-4-11(3)5-7-14/h9-11H,4-8H2,1-3H3,(H,18,19). The van der Waals surface area contributed by atoms with E-state index in [-0.39, 0.29) is 6.04 Å². The molecular weight excluding hydrogens is 242 g/mol. The van der Waals surface area contributed by atoms with Crippen molar-refractivity contribution in [2.24, 2.45) is 11.3 Å². The number of carboxylic acid groups (broad SMARTS) is 1. The van der Waals surface area contributed by atoms with Gasteiger partial charge in [-0.2, -0.15) is 5.10 Å². The van der Waals surface area contributed by atoms with Gasteiger partial charge >= 0.3 is 5.97 Å². The maximum atomic E-state index is 11.7. The molecule has 0 amide bonds. The molecule has 1 fully saturated rings. The lowest BCUT2D eigenvalue weighted by Crippen LogP contribution is -2.38. The van der Waals surface area contributed by atoms with Gasteiger partial charge in [-0.15, -0.1) is 0 Å². The second kappa shape index (κ2) is 5.31. The zero-order valence-corrected chi connectivity index (χ0v) is 12.0. The Balaban J connectivity index is 2.22. The summed E-state index contributed by atoms with van der Waals surface area (Å²) in [5.41, 5.74) is -0.647. The van der Waals surface area contributed by atoms with Crippen molar-refractivity contribution in [1.82, 2.24) is 14.8 Å². The Labute approximate surface area is 114 Å². The van der Waals surface area contributed by atoms with E-state index >= 15 is 0 Å². The number of aliphatic carboxylic acids is 1. The van der Waals surface area contributed by atoms with Crippen molar-refractivity contribution in [3.8, 4) is 0 Å². The van der Waals surface area contributed by atoms with Crippen molar-refractivity contribution in [3.63, 3.8) is 0 Å². The van der Waals surface area contributed by atoms with E-state index in [1.54, 1.807) is 0 Å². The molecular formula is C14H23N3O2. The van der Waals surface area contributed by atoms with E-state index in [0.717, 1.165) is 31.5 Å². The lowest BCUT2D eigenvalue weighted by atomic mass is 9.69. The summed E-state index contributed by atoms with van der Waals surface area (Å²) in [6.07, 6.45) is 5.48. The summed E-state index contributed by atoms with van der Waals surface area (Å²) in [5, 5.41) is 13.8. The van der Waals surface area contributed by atoms with Crippen LogP contribution in [0.2, 0.25) is 0 Å². The molecule has 0 atom stereocenters. The molecule has 5 nitrogen and oxygen atoms in total. The van der Waals surface area contributed by atoms with Gasteiger partial charge in [-0.1, -0.05) is 6.92 Å². The molecule has 19 heavy (non-hydrogen) atoms. The van der Waals surface area contributed by atoms with Gasteiger partial charge in [0.15, 0.2) is 0 Å². The second-order valence-corrected chi connectivity index (χ2v) is 6.16. The van der Waals surface area contributed by atoms with Gasteiger partial charge in [-0.25, -0.2) is 9.67 Å². The van der Waals surface area contributed by atoms with Gasteiger partial charge in [-0.3, -0.25) is 4.79 Å². The molecule has 1 N–H and O–H groups in total. The van der Waals surface area contributed by atoms with Crippen molar-refractivity contribution in [1.29, 1.82) is 0 Å². The fraction of sp³-hybridized carbons (Fsp3) is 0.786. The van der Waals surface area contributed by atoms with Crippen LogP contribution < -0.4 is 0 Å². The van der Waals surface area contributed by atoms with Crippen LogP contribution in [0.3, 0.4) is 0 Å². The molecule has 0 aliphatic heterocycles. The molecule has 0 aromatic carbocycles. The Morgan fingerprint density at radius 2 is 2.16 bits per heavy atom. The normalized spacial score (nSPS) is 27.7. The maximum absolute atomic E-state index is 11.7. The molecule has 1 heterocycles. The van der Waals surface area contributed by atoms with Gasteiger partial charge < -0.3 is 5.11 Å². The van der Waals surface area contributed by atoms with Crippen LogP contribution >= 0.6 is 0 Å². The number of carboxylic acids is 1. The third-order valence-electron chi connectivity index (χ3n) is 4.32. The second-order valence-electron chi connectivity index (χ2n) is 6.16. The van der Waals surface area contributed by atoms with Crippen molar-refractivity contribution in [2.45, 2.75) is 58.9 Å². The van der Waals surface area contributed by atoms with Crippen molar-refractivity contribution in [3.05, 3.63) is 12.2 Å². The summed E-state index contributed by atoms with van der Waals surface area (Å²) >= 11 is 0. The Hall–Kier alpha value is -1.39. The summed E-state index contributed by atoms with van der Waals surface area (Å²) in [7, 11) is 0. The highest BCUT2D eigenvalue weighted by Gasteiger charge is 2.42. The van der Waals surface area contributed by atoms with E-state index < -0.39 is 11.4 Å². The third kappa shape index (κ3) is 2.80. The number of rotatable bonds is 4. The highest BCUT2D eigenvalue weighted by Crippen LogP contribution is 2.41. The van der Waals surface area contributed by atoms with Crippen LogP contribution in [0.15, 0.2) is 6.33 Å². The highest BCUT2D eigenvalue weighted by molar-refractivity contribution is 5.75. The number of hydrogen-bond acceptors (Lipinski definition) is 3. The van der Waals surface area contributed by atoms with Crippen LogP contribution in [0, 0.1) is 11.3 Å². The number of hydrogen-bond donors (Lipinski definition) is 1. The average Bonchev–Trinajstić information content (AvgIpc) is 2.80. The maximum Gasteiger partial charge on any atom is 0.310 e. The van der Waals surface area contributed by atoms with Crippen LogP contribution in [0.25, 0.3) is 0 Å². The van der Waals surface area contributed by atoms with Crippen LogP contribution in [0.1, 0.15) is 58.3 Å². The number of aromatic nitrogens is 3. The van der Waals surface area contributed by atoms with Crippen LogP contribution in [0.4, 0.5) is 0 Å². The molecule has 5 heteroatoms. The predicted molar refractivity (Wildman–Crippen MR) is 71.8 cm³/mol. The molecule has 106 valence electrons. The molecule has 1 aromatic heterocycles. The van der Waals surface area contributed by atoms with Crippen LogP contribution in [-0.2, 0) is 11.2 Å². The van der Waals surface area contributed by atoms with E-state index in [2.05, 4.69) is 17.0 Å². The lowest BCUT2D eigenvalue weighted by molar-refractivity contribution is -0.151. The summed E-state index contributed by atoms with van der Waals surface area (Å²) in [6, 6.07) is 0.214. The molecule has 0 saturated heterocycles. The molecule has 1 aromatic rings. The fourth-order valence-corrected chi connectivity index (χ4v) is 2.92. The van der Waals surface area contributed by atoms with Crippen LogP contribution in [0.5, 0.6) is 0 Å². The van der Waals surface area contributed by atoms with Gasteiger partial charge in [0, 0.05) is 12.5 Å². The van der Waals surface area contributed by atoms with Crippen molar-refractivity contribution in [2.75, 3.05) is 0 Å². The fourth-order valence-electron chi connectivity index (χ4n) is 2.92. The Kier molecular flexibility index (Phi) is 3.92. The van der Waals surface area contributed by atoms with E-state index in [1.165, 1.54) is 6.33 Å². The largest absolute Gasteiger partial charge is 0.481 e. The summed E-state index contributed by atoms with van der Waals surface area (Å²) in [5.74, 6) is 0.750. The molecule has 1 aliphatic carbocycles. The Morgan fingerprint density at radius 3 is 2.68 bits per heavy atom. The smallest absolute Gasteiger partial charge is 0.310 e. The molecule has 2 rings (SSSR count). The van der Waals surface area contributed by atoms with Gasteiger partial charge in [0.2, 0.25) is 0 Å². The average molecular weight is 265 g/mol. The monoisotopic (exact) mass is 265 g/mol. The zero-order chi connectivity index (χ0) is 14.0. The molecule has 1 aliphatic rings. The first kappa shape index (κ1) is 14.0. The van der Waals surface area contributed by atoms with Gasteiger partial charge in [0.05, 0.1) is 5.41 Å². The predicted octanol–water partition coefficient (Wildman–Crippen LogP) is 2.68. The van der Waals surface area contributed by atoms with Crippen molar-refractivity contribution >= 4 is 5.97 Å². The minimum atomic E-state index is -0.683. The quantitative estimate of drug-likeness (QED) is 0.908. The minimum absolute atomic E-state index is 0.214. The molecule has 0 bridgehead atoms. The molecule has 0 radical (unpaired) electrons. The first-order chi connectivity index (χ1) is 8.94. The van der Waals surface area contributed by atoms with Crippen LogP contribution in [-0.4, -0.2) is 25.8 Å². The Bertz CT molecular complexity index is 445. The topological polar surface area (TPSA) is 68.0 Å².